The van der Waals surface area contributed by atoms with Crippen LogP contribution in [0.5, 0.6) is 0 Å². The van der Waals surface area contributed by atoms with Crippen LogP contribution in [-0.2, 0) is 0 Å². The zero-order valence-electron chi connectivity index (χ0n) is 9.62. The maximum Gasteiger partial charge on any atom is -0.00735 e. The molecule has 0 spiro atoms. The van der Waals surface area contributed by atoms with Gasteiger partial charge >= 0.3 is 0 Å². The molecule has 0 aliphatic rings. The van der Waals surface area contributed by atoms with Crippen molar-refractivity contribution in [2.45, 2.75) is 13.8 Å². The van der Waals surface area contributed by atoms with Crippen LogP contribution in [0.15, 0.2) is 48.5 Å². The van der Waals surface area contributed by atoms with Gasteiger partial charge in [-0.15, -0.1) is 0 Å². The molecule has 3 aromatic rings. The molecule has 3 rings (SSSR count). The molecule has 0 aliphatic heterocycles. The van der Waals surface area contributed by atoms with E-state index in [1.54, 1.807) is 0 Å². The number of hydrogen-bond acceptors (Lipinski definition) is 0. The van der Waals surface area contributed by atoms with E-state index >= 15 is 0 Å². The predicted octanol–water partition coefficient (Wildman–Crippen LogP) is 4.61. The third-order valence-corrected chi connectivity index (χ3v) is 3.33. The van der Waals surface area contributed by atoms with Crippen molar-refractivity contribution in [1.82, 2.24) is 0 Å². The van der Waals surface area contributed by atoms with Gasteiger partial charge in [0.1, 0.15) is 0 Å². The summed E-state index contributed by atoms with van der Waals surface area (Å²) in [5.41, 5.74) is 2.71. The molecule has 0 saturated carbocycles. The molecule has 0 fully saturated rings. The molecular formula is C16H14. The van der Waals surface area contributed by atoms with E-state index in [0.29, 0.717) is 0 Å². The minimum absolute atomic E-state index is 1.32. The molecule has 78 valence electrons. The number of fused-ring (bicyclic) bond motifs is 3. The first kappa shape index (κ1) is 9.41. The van der Waals surface area contributed by atoms with E-state index in [-0.39, 0.29) is 0 Å². The van der Waals surface area contributed by atoms with Crippen LogP contribution in [0.25, 0.3) is 21.5 Å². The number of aryl methyl sites for hydroxylation is 2. The third kappa shape index (κ3) is 1.23. The summed E-state index contributed by atoms with van der Waals surface area (Å²) < 4.78 is 0. The minimum atomic E-state index is 1.32. The number of hydrogen-bond donors (Lipinski definition) is 0. The molecule has 3 aromatic carbocycles. The van der Waals surface area contributed by atoms with Gasteiger partial charge in [-0.1, -0.05) is 48.5 Å². The monoisotopic (exact) mass is 206 g/mol. The van der Waals surface area contributed by atoms with E-state index in [1.807, 2.05) is 0 Å². The summed E-state index contributed by atoms with van der Waals surface area (Å²) in [6.07, 6.45) is 0. The van der Waals surface area contributed by atoms with Crippen molar-refractivity contribution < 1.29 is 0 Å². The highest BCUT2D eigenvalue weighted by atomic mass is 14.1. The Morgan fingerprint density at radius 3 is 2.25 bits per heavy atom. The maximum atomic E-state index is 2.24. The first-order valence-corrected chi connectivity index (χ1v) is 5.65. The van der Waals surface area contributed by atoms with Crippen LogP contribution in [0.1, 0.15) is 11.1 Å². The highest BCUT2D eigenvalue weighted by Crippen LogP contribution is 2.29. The fourth-order valence-corrected chi connectivity index (χ4v) is 2.45. The zero-order chi connectivity index (χ0) is 11.1. The van der Waals surface area contributed by atoms with Crippen LogP contribution in [0.3, 0.4) is 0 Å². The van der Waals surface area contributed by atoms with Crippen molar-refractivity contribution >= 4 is 21.5 Å². The lowest BCUT2D eigenvalue weighted by Crippen LogP contribution is -1.84. The Morgan fingerprint density at radius 1 is 0.625 bits per heavy atom. The Hall–Kier alpha value is -1.82. The maximum absolute atomic E-state index is 2.24. The van der Waals surface area contributed by atoms with Gasteiger partial charge in [0.15, 0.2) is 0 Å². The average Bonchev–Trinajstić information content (AvgIpc) is 2.33. The third-order valence-electron chi connectivity index (χ3n) is 3.33. The Kier molecular flexibility index (Phi) is 1.97. The van der Waals surface area contributed by atoms with Gasteiger partial charge in [0.2, 0.25) is 0 Å². The van der Waals surface area contributed by atoms with Crippen molar-refractivity contribution in [1.29, 1.82) is 0 Å². The van der Waals surface area contributed by atoms with Crippen molar-refractivity contribution in [3.05, 3.63) is 59.7 Å². The van der Waals surface area contributed by atoms with E-state index in [9.17, 15) is 0 Å². The molecular weight excluding hydrogens is 192 g/mol. The largest absolute Gasteiger partial charge is 0.0616 e. The smallest absolute Gasteiger partial charge is 0.00735 e. The highest BCUT2D eigenvalue weighted by Gasteiger charge is 2.04. The summed E-state index contributed by atoms with van der Waals surface area (Å²) in [5.74, 6) is 0. The van der Waals surface area contributed by atoms with Gasteiger partial charge in [0, 0.05) is 0 Å². The predicted molar refractivity (Wildman–Crippen MR) is 70.9 cm³/mol. The topological polar surface area (TPSA) is 0 Å². The second kappa shape index (κ2) is 3.34. The second-order valence-corrected chi connectivity index (χ2v) is 4.41. The van der Waals surface area contributed by atoms with Gasteiger partial charge in [-0.2, -0.15) is 0 Å². The zero-order valence-corrected chi connectivity index (χ0v) is 9.62. The Balaban J connectivity index is 2.64. The average molecular weight is 206 g/mol. The van der Waals surface area contributed by atoms with Crippen molar-refractivity contribution in [3.63, 3.8) is 0 Å². The minimum Gasteiger partial charge on any atom is -0.0616 e. The lowest BCUT2D eigenvalue weighted by molar-refractivity contribution is 1.47. The van der Waals surface area contributed by atoms with Gasteiger partial charge in [0.25, 0.3) is 0 Å². The normalized spacial score (nSPS) is 11.1. The molecule has 0 aliphatic carbocycles. The number of benzene rings is 3. The molecule has 0 nitrogen and oxygen atoms in total. The lowest BCUT2D eigenvalue weighted by Gasteiger charge is -2.09. The Bertz CT molecular complexity index is 678. The molecule has 16 heavy (non-hydrogen) atoms. The van der Waals surface area contributed by atoms with Crippen LogP contribution >= 0.6 is 0 Å². The van der Waals surface area contributed by atoms with Crippen molar-refractivity contribution in [3.8, 4) is 0 Å². The summed E-state index contributed by atoms with van der Waals surface area (Å²) in [7, 11) is 0. The fourth-order valence-electron chi connectivity index (χ4n) is 2.45. The van der Waals surface area contributed by atoms with E-state index < -0.39 is 0 Å². The van der Waals surface area contributed by atoms with Crippen LogP contribution in [0.4, 0.5) is 0 Å². The van der Waals surface area contributed by atoms with Crippen LogP contribution in [0.2, 0.25) is 0 Å². The summed E-state index contributed by atoms with van der Waals surface area (Å²) in [5, 5.41) is 5.46. The summed E-state index contributed by atoms with van der Waals surface area (Å²) >= 11 is 0. The van der Waals surface area contributed by atoms with E-state index in [0.717, 1.165) is 0 Å². The molecule has 0 saturated heterocycles. The second-order valence-electron chi connectivity index (χ2n) is 4.41. The standard InChI is InChI=1S/C16H14/c1-11-7-8-12(2)16-14(11)10-9-13-5-3-4-6-15(13)16/h3-10H,1-2H3. The van der Waals surface area contributed by atoms with Gasteiger partial charge in [-0.25, -0.2) is 0 Å². The van der Waals surface area contributed by atoms with E-state index in [4.69, 9.17) is 0 Å². The SMILES string of the molecule is Cc1ccc(C)c2c1ccc1ccccc12. The molecule has 0 bridgehead atoms. The van der Waals surface area contributed by atoms with Gasteiger partial charge < -0.3 is 0 Å². The van der Waals surface area contributed by atoms with Crippen LogP contribution < -0.4 is 0 Å². The molecule has 0 atom stereocenters. The summed E-state index contributed by atoms with van der Waals surface area (Å²) in [6, 6.07) is 17.5. The van der Waals surface area contributed by atoms with Crippen molar-refractivity contribution in [2.75, 3.05) is 0 Å². The molecule has 0 unspecified atom stereocenters. The van der Waals surface area contributed by atoms with E-state index in [2.05, 4.69) is 62.4 Å². The van der Waals surface area contributed by atoms with Crippen molar-refractivity contribution in [2.24, 2.45) is 0 Å². The number of rotatable bonds is 0. The van der Waals surface area contributed by atoms with Crippen LogP contribution in [-0.4, -0.2) is 0 Å². The molecule has 0 heteroatoms. The highest BCUT2D eigenvalue weighted by molar-refractivity contribution is 6.09. The first-order valence-electron chi connectivity index (χ1n) is 5.65. The fraction of sp³-hybridized carbons (Fsp3) is 0.125. The molecule has 0 aromatic heterocycles. The van der Waals surface area contributed by atoms with Crippen LogP contribution in [0, 0.1) is 13.8 Å². The van der Waals surface area contributed by atoms with Gasteiger partial charge in [0.05, 0.1) is 0 Å². The lowest BCUT2D eigenvalue weighted by atomic mass is 9.95. The summed E-state index contributed by atoms with van der Waals surface area (Å²) in [4.78, 5) is 0. The van der Waals surface area contributed by atoms with E-state index in [1.165, 1.54) is 32.7 Å². The molecule has 0 heterocycles. The Morgan fingerprint density at radius 2 is 1.38 bits per heavy atom. The summed E-state index contributed by atoms with van der Waals surface area (Å²) in [6.45, 7) is 4.37. The Labute approximate surface area is 95.5 Å². The first-order chi connectivity index (χ1) is 7.77. The molecule has 0 amide bonds. The molecule has 0 N–H and O–H groups in total. The van der Waals surface area contributed by atoms with Gasteiger partial charge in [-0.05, 0) is 46.5 Å². The quantitative estimate of drug-likeness (QED) is 0.471. The van der Waals surface area contributed by atoms with Gasteiger partial charge in [-0.3, -0.25) is 0 Å². The molecule has 0 radical (unpaired) electrons.